The molecule has 2 aromatic heterocycles. The molecule has 3 N–H and O–H groups in total. The van der Waals surface area contributed by atoms with Crippen LogP contribution in [0.2, 0.25) is 0 Å². The van der Waals surface area contributed by atoms with Crippen LogP contribution in [0.25, 0.3) is 21.9 Å². The Labute approximate surface area is 134 Å². The van der Waals surface area contributed by atoms with E-state index in [0.717, 1.165) is 22.2 Å². The largest absolute Gasteiger partial charge is 0.395 e. The highest BCUT2D eigenvalue weighted by atomic mass is 35.5. The minimum atomic E-state index is 0. The summed E-state index contributed by atoms with van der Waals surface area (Å²) in [6.07, 6.45) is 0. The van der Waals surface area contributed by atoms with Crippen molar-refractivity contribution in [1.29, 1.82) is 0 Å². The first kappa shape index (κ1) is 16.5. The van der Waals surface area contributed by atoms with Gasteiger partial charge in [-0.2, -0.15) is 0 Å². The Morgan fingerprint density at radius 2 is 2.05 bits per heavy atom. The first-order chi connectivity index (χ1) is 10.3. The maximum Gasteiger partial charge on any atom is 0.152 e. The van der Waals surface area contributed by atoms with Crippen LogP contribution in [0.15, 0.2) is 24.3 Å². The summed E-state index contributed by atoms with van der Waals surface area (Å²) in [6, 6.07) is 7.79. The van der Waals surface area contributed by atoms with Crippen molar-refractivity contribution in [2.75, 3.05) is 18.9 Å². The summed E-state index contributed by atoms with van der Waals surface area (Å²) in [5.74, 6) is 1.16. The number of para-hydroxylation sites is 1. The molecule has 0 saturated heterocycles. The molecule has 1 aromatic carbocycles. The van der Waals surface area contributed by atoms with Crippen LogP contribution in [0.5, 0.6) is 0 Å². The van der Waals surface area contributed by atoms with Gasteiger partial charge in [-0.1, -0.05) is 18.2 Å². The number of nitrogens with two attached hydrogens (primary N) is 1. The Morgan fingerprint density at radius 1 is 1.27 bits per heavy atom. The van der Waals surface area contributed by atoms with E-state index in [1.165, 1.54) is 0 Å². The van der Waals surface area contributed by atoms with Crippen LogP contribution < -0.4 is 5.73 Å². The van der Waals surface area contributed by atoms with Crippen LogP contribution in [-0.4, -0.2) is 32.9 Å². The van der Waals surface area contributed by atoms with Crippen LogP contribution in [0.3, 0.4) is 0 Å². The maximum atomic E-state index is 9.35. The highest BCUT2D eigenvalue weighted by Gasteiger charge is 2.16. The Bertz CT molecular complexity index is 788. The van der Waals surface area contributed by atoms with Gasteiger partial charge in [0.25, 0.3) is 0 Å². The first-order valence-electron chi connectivity index (χ1n) is 6.98. The van der Waals surface area contributed by atoms with Gasteiger partial charge in [-0.15, -0.1) is 12.4 Å². The number of imidazole rings is 1. The molecule has 22 heavy (non-hydrogen) atoms. The van der Waals surface area contributed by atoms with Crippen LogP contribution >= 0.6 is 12.4 Å². The van der Waals surface area contributed by atoms with Crippen molar-refractivity contribution in [3.63, 3.8) is 0 Å². The number of hydrogen-bond donors (Lipinski definition) is 2. The fourth-order valence-electron chi connectivity index (χ4n) is 2.55. The highest BCUT2D eigenvalue weighted by molar-refractivity contribution is 6.06. The molecule has 0 aliphatic carbocycles. The van der Waals surface area contributed by atoms with Crippen molar-refractivity contribution in [3.8, 4) is 0 Å². The van der Waals surface area contributed by atoms with Crippen molar-refractivity contribution in [1.82, 2.24) is 14.5 Å². The van der Waals surface area contributed by atoms with Crippen molar-refractivity contribution in [2.45, 2.75) is 20.1 Å². The number of aliphatic hydroxyl groups excluding tert-OH is 1. The molecule has 2 heterocycles. The Balaban J connectivity index is 0.00000176. The second-order valence-electron chi connectivity index (χ2n) is 4.75. The zero-order valence-corrected chi connectivity index (χ0v) is 13.1. The lowest BCUT2D eigenvalue weighted by Gasteiger charge is -2.09. The van der Waals surface area contributed by atoms with Crippen molar-refractivity contribution >= 4 is 40.2 Å². The molecule has 0 spiro atoms. The second-order valence-corrected chi connectivity index (χ2v) is 4.75. The highest BCUT2D eigenvalue weighted by Crippen LogP contribution is 2.28. The molecule has 7 heteroatoms. The van der Waals surface area contributed by atoms with E-state index in [2.05, 4.69) is 9.97 Å². The molecule has 6 nitrogen and oxygen atoms in total. The average molecular weight is 323 g/mol. The number of halogens is 1. The van der Waals surface area contributed by atoms with Gasteiger partial charge >= 0.3 is 0 Å². The minimum Gasteiger partial charge on any atom is -0.395 e. The van der Waals surface area contributed by atoms with E-state index in [0.29, 0.717) is 31.1 Å². The monoisotopic (exact) mass is 322 g/mol. The van der Waals surface area contributed by atoms with Crippen LogP contribution in [0.1, 0.15) is 12.7 Å². The van der Waals surface area contributed by atoms with Gasteiger partial charge < -0.3 is 20.1 Å². The van der Waals surface area contributed by atoms with Gasteiger partial charge in [0.05, 0.1) is 17.6 Å². The average Bonchev–Trinajstić information content (AvgIpc) is 2.85. The number of nitrogen functional groups attached to an aromatic ring is 1. The van der Waals surface area contributed by atoms with E-state index in [9.17, 15) is 5.11 Å². The lowest BCUT2D eigenvalue weighted by atomic mass is 10.2. The Kier molecular flexibility index (Phi) is 5.18. The molecular weight excluding hydrogens is 304 g/mol. The summed E-state index contributed by atoms with van der Waals surface area (Å²) >= 11 is 0. The third-order valence-electron chi connectivity index (χ3n) is 3.45. The SMILES string of the molecule is CCOCc1nc2c(N)nc3ccccc3c2n1CCO.Cl. The fourth-order valence-corrected chi connectivity index (χ4v) is 2.55. The van der Waals surface area contributed by atoms with Gasteiger partial charge in [0.2, 0.25) is 0 Å². The number of fused-ring (bicyclic) bond motifs is 3. The molecule has 118 valence electrons. The number of nitrogens with zero attached hydrogens (tertiary/aromatic N) is 3. The van der Waals surface area contributed by atoms with Gasteiger partial charge in [-0.25, -0.2) is 9.97 Å². The van der Waals surface area contributed by atoms with Gasteiger partial charge in [0.1, 0.15) is 17.9 Å². The van der Waals surface area contributed by atoms with Gasteiger partial charge in [0, 0.05) is 18.5 Å². The number of ether oxygens (including phenoxy) is 1. The smallest absolute Gasteiger partial charge is 0.152 e. The first-order valence-corrected chi connectivity index (χ1v) is 6.98. The molecule has 0 radical (unpaired) electrons. The molecule has 0 aliphatic heterocycles. The topological polar surface area (TPSA) is 86.2 Å². The molecule has 0 atom stereocenters. The molecule has 3 aromatic rings. The Morgan fingerprint density at radius 3 is 2.77 bits per heavy atom. The molecule has 0 amide bonds. The quantitative estimate of drug-likeness (QED) is 0.751. The molecule has 0 aliphatic rings. The summed E-state index contributed by atoms with van der Waals surface area (Å²) in [5, 5.41) is 10.3. The number of hydrogen-bond acceptors (Lipinski definition) is 5. The predicted octanol–water partition coefficient (Wildman–Crippen LogP) is 2.12. The zero-order valence-electron chi connectivity index (χ0n) is 12.3. The van der Waals surface area contributed by atoms with E-state index in [1.54, 1.807) is 0 Å². The fraction of sp³-hybridized carbons (Fsp3) is 0.333. The van der Waals surface area contributed by atoms with Gasteiger partial charge in [-0.05, 0) is 13.0 Å². The van der Waals surface area contributed by atoms with Crippen LogP contribution in [-0.2, 0) is 17.9 Å². The molecule has 0 bridgehead atoms. The molecule has 3 rings (SSSR count). The number of aliphatic hydroxyl groups is 1. The normalized spacial score (nSPS) is 11.0. The maximum absolute atomic E-state index is 9.35. The third kappa shape index (κ3) is 2.72. The van der Waals surface area contributed by atoms with E-state index >= 15 is 0 Å². The lowest BCUT2D eigenvalue weighted by molar-refractivity contribution is 0.125. The number of benzene rings is 1. The van der Waals surface area contributed by atoms with Crippen molar-refractivity contribution in [2.24, 2.45) is 0 Å². The van der Waals surface area contributed by atoms with E-state index < -0.39 is 0 Å². The third-order valence-corrected chi connectivity index (χ3v) is 3.45. The van der Waals surface area contributed by atoms with Gasteiger partial charge in [0.15, 0.2) is 5.82 Å². The van der Waals surface area contributed by atoms with Crippen molar-refractivity contribution < 1.29 is 9.84 Å². The van der Waals surface area contributed by atoms with E-state index in [4.69, 9.17) is 10.5 Å². The lowest BCUT2D eigenvalue weighted by Crippen LogP contribution is -2.08. The van der Waals surface area contributed by atoms with Gasteiger partial charge in [-0.3, -0.25) is 0 Å². The number of pyridine rings is 1. The molecular formula is C15H19ClN4O2. The zero-order chi connectivity index (χ0) is 14.8. The number of anilines is 1. The second kappa shape index (κ2) is 6.91. The van der Waals surface area contributed by atoms with E-state index in [1.807, 2.05) is 35.8 Å². The minimum absolute atomic E-state index is 0. The predicted molar refractivity (Wildman–Crippen MR) is 89.1 cm³/mol. The van der Waals surface area contributed by atoms with Crippen molar-refractivity contribution in [3.05, 3.63) is 30.1 Å². The van der Waals surface area contributed by atoms with Crippen LogP contribution in [0, 0.1) is 0 Å². The Hall–Kier alpha value is -1.89. The molecule has 0 saturated carbocycles. The van der Waals surface area contributed by atoms with Crippen LogP contribution in [0.4, 0.5) is 5.82 Å². The molecule has 0 unspecified atom stereocenters. The summed E-state index contributed by atoms with van der Waals surface area (Å²) < 4.78 is 7.43. The summed E-state index contributed by atoms with van der Waals surface area (Å²) in [7, 11) is 0. The summed E-state index contributed by atoms with van der Waals surface area (Å²) in [5.41, 5.74) is 8.43. The number of aromatic nitrogens is 3. The summed E-state index contributed by atoms with van der Waals surface area (Å²) in [4.78, 5) is 8.96. The standard InChI is InChI=1S/C15H18N4O2.ClH/c1-2-21-9-12-18-13-14(19(12)7-8-20)10-5-3-4-6-11(10)17-15(13)16;/h3-6,20H,2,7-9H2,1H3,(H2,16,17);1H. The van der Waals surface area contributed by atoms with E-state index in [-0.39, 0.29) is 19.0 Å². The summed E-state index contributed by atoms with van der Waals surface area (Å²) in [6.45, 7) is 3.41. The number of rotatable bonds is 5. The molecule has 0 fully saturated rings.